The van der Waals surface area contributed by atoms with E-state index in [-0.39, 0.29) is 24.0 Å². The number of benzene rings is 1. The van der Waals surface area contributed by atoms with Gasteiger partial charge in [0, 0.05) is 12.7 Å². The zero-order chi connectivity index (χ0) is 19.4. The predicted molar refractivity (Wildman–Crippen MR) is 109 cm³/mol. The number of piperazine rings is 1. The lowest BCUT2D eigenvalue weighted by Gasteiger charge is -2.36. The molecule has 28 heavy (non-hydrogen) atoms. The Labute approximate surface area is 167 Å². The minimum atomic E-state index is -0.486. The lowest BCUT2D eigenvalue weighted by molar-refractivity contribution is -0.120. The van der Waals surface area contributed by atoms with Crippen molar-refractivity contribution in [3.63, 3.8) is 0 Å². The summed E-state index contributed by atoms with van der Waals surface area (Å²) in [5.74, 6) is -0.169. The highest BCUT2D eigenvalue weighted by molar-refractivity contribution is 7.80. The molecule has 1 aromatic carbocycles. The number of nitrogens with one attached hydrogen (secondary N) is 1. The van der Waals surface area contributed by atoms with Crippen molar-refractivity contribution in [2.24, 2.45) is 0 Å². The number of amides is 3. The number of aryl methyl sites for hydroxylation is 1. The van der Waals surface area contributed by atoms with Gasteiger partial charge in [-0.25, -0.2) is 9.69 Å². The molecule has 3 amide bonds. The molecule has 3 fully saturated rings. The number of imide groups is 1. The Bertz CT molecular complexity index is 982. The molecule has 0 saturated carbocycles. The van der Waals surface area contributed by atoms with Crippen molar-refractivity contribution >= 4 is 40.6 Å². The van der Waals surface area contributed by atoms with Crippen LogP contribution < -0.4 is 10.2 Å². The molecule has 2 aromatic rings. The van der Waals surface area contributed by atoms with Gasteiger partial charge in [0.2, 0.25) is 0 Å². The standard InChI is InChI=1S/C20H19N5O2S/c1-12-4-2-6-14(8-12)25-18(26)17-16-9-15(24(17)20(25)27)11-23(16)19(28)22-13-5-3-7-21-10-13/h2-8,10,15-17H,9,11H2,1H3,(H,22,28)/t15?,16?,17-/m1/s1. The van der Waals surface area contributed by atoms with E-state index >= 15 is 0 Å². The molecule has 0 radical (unpaired) electrons. The van der Waals surface area contributed by atoms with E-state index < -0.39 is 6.04 Å². The molecule has 8 heteroatoms. The van der Waals surface area contributed by atoms with E-state index in [9.17, 15) is 9.59 Å². The minimum absolute atomic E-state index is 0.00472. The number of fused-ring (bicyclic) bond motifs is 5. The monoisotopic (exact) mass is 393 g/mol. The van der Waals surface area contributed by atoms with Crippen LogP contribution in [0.25, 0.3) is 0 Å². The van der Waals surface area contributed by atoms with E-state index in [4.69, 9.17) is 12.2 Å². The molecule has 4 heterocycles. The fraction of sp³-hybridized carbons (Fsp3) is 0.300. The molecule has 3 atom stereocenters. The van der Waals surface area contributed by atoms with E-state index in [0.29, 0.717) is 17.3 Å². The molecule has 1 N–H and O–H groups in total. The number of carbonyl (C=O) groups is 2. The highest BCUT2D eigenvalue weighted by Crippen LogP contribution is 2.42. The first-order valence-electron chi connectivity index (χ1n) is 9.25. The van der Waals surface area contributed by atoms with Crippen LogP contribution in [0.2, 0.25) is 0 Å². The van der Waals surface area contributed by atoms with Gasteiger partial charge in [-0.3, -0.25) is 9.78 Å². The van der Waals surface area contributed by atoms with Crippen molar-refractivity contribution in [2.75, 3.05) is 16.8 Å². The van der Waals surface area contributed by atoms with Gasteiger partial charge >= 0.3 is 6.03 Å². The Morgan fingerprint density at radius 1 is 1.25 bits per heavy atom. The number of aromatic nitrogens is 1. The number of nitrogens with zero attached hydrogens (tertiary/aromatic N) is 4. The van der Waals surface area contributed by atoms with Crippen LogP contribution in [0.1, 0.15) is 12.0 Å². The number of anilines is 2. The van der Waals surface area contributed by atoms with Crippen molar-refractivity contribution in [3.8, 4) is 0 Å². The van der Waals surface area contributed by atoms with Crippen LogP contribution in [-0.2, 0) is 4.79 Å². The summed E-state index contributed by atoms with van der Waals surface area (Å²) < 4.78 is 0. The molecule has 2 unspecified atom stereocenters. The fourth-order valence-corrected chi connectivity index (χ4v) is 4.86. The number of thiocarbonyl (C=S) groups is 1. The Morgan fingerprint density at radius 3 is 2.86 bits per heavy atom. The number of likely N-dealkylation sites (tertiary alicyclic amines) is 1. The van der Waals surface area contributed by atoms with Crippen molar-refractivity contribution in [1.29, 1.82) is 0 Å². The molecule has 5 rings (SSSR count). The second-order valence-corrected chi connectivity index (χ2v) is 7.82. The van der Waals surface area contributed by atoms with Crippen molar-refractivity contribution in [1.82, 2.24) is 14.8 Å². The largest absolute Gasteiger partial charge is 0.341 e. The third-order valence-corrected chi connectivity index (χ3v) is 6.03. The van der Waals surface area contributed by atoms with Crippen molar-refractivity contribution < 1.29 is 9.59 Å². The highest BCUT2D eigenvalue weighted by atomic mass is 32.1. The normalized spacial score (nSPS) is 25.5. The van der Waals surface area contributed by atoms with Crippen LogP contribution in [0.4, 0.5) is 16.2 Å². The third-order valence-electron chi connectivity index (χ3n) is 5.70. The van der Waals surface area contributed by atoms with Crippen LogP contribution in [0.5, 0.6) is 0 Å². The first-order valence-corrected chi connectivity index (χ1v) is 9.66. The van der Waals surface area contributed by atoms with Gasteiger partial charge in [0.1, 0.15) is 6.04 Å². The quantitative estimate of drug-likeness (QED) is 0.624. The molecule has 3 aliphatic rings. The number of carbonyl (C=O) groups excluding carboxylic acids is 2. The molecule has 2 bridgehead atoms. The topological polar surface area (TPSA) is 68.8 Å². The second-order valence-electron chi connectivity index (χ2n) is 7.43. The number of rotatable bonds is 2. The summed E-state index contributed by atoms with van der Waals surface area (Å²) >= 11 is 5.59. The van der Waals surface area contributed by atoms with E-state index in [2.05, 4.69) is 10.3 Å². The molecule has 3 aliphatic heterocycles. The minimum Gasteiger partial charge on any atom is -0.341 e. The Hall–Kier alpha value is -3.00. The molecular formula is C20H19N5O2S. The van der Waals surface area contributed by atoms with Gasteiger partial charge in [0.05, 0.1) is 29.7 Å². The molecule has 7 nitrogen and oxygen atoms in total. The lowest BCUT2D eigenvalue weighted by atomic mass is 10.1. The van der Waals surface area contributed by atoms with Crippen LogP contribution in [0.3, 0.4) is 0 Å². The summed E-state index contributed by atoms with van der Waals surface area (Å²) in [6.07, 6.45) is 4.17. The summed E-state index contributed by atoms with van der Waals surface area (Å²) in [5.41, 5.74) is 2.45. The number of pyridine rings is 1. The average Bonchev–Trinajstić information content (AvgIpc) is 3.34. The third kappa shape index (κ3) is 2.48. The SMILES string of the molecule is Cc1cccc(N2C(=O)[C@H]3C4CC(CN4C(=S)Nc4cccnc4)N3C2=O)c1. The first-order chi connectivity index (χ1) is 13.5. The van der Waals surface area contributed by atoms with Crippen LogP contribution in [0, 0.1) is 6.92 Å². The average molecular weight is 393 g/mol. The number of urea groups is 1. The van der Waals surface area contributed by atoms with E-state index in [1.165, 1.54) is 4.90 Å². The number of hydrogen-bond acceptors (Lipinski definition) is 4. The molecular weight excluding hydrogens is 374 g/mol. The van der Waals surface area contributed by atoms with Gasteiger partial charge in [0.25, 0.3) is 5.91 Å². The van der Waals surface area contributed by atoms with E-state index in [0.717, 1.165) is 17.7 Å². The maximum absolute atomic E-state index is 13.2. The zero-order valence-corrected chi connectivity index (χ0v) is 16.1. The summed E-state index contributed by atoms with van der Waals surface area (Å²) in [6.45, 7) is 2.58. The summed E-state index contributed by atoms with van der Waals surface area (Å²) in [6, 6.07) is 10.4. The van der Waals surface area contributed by atoms with Gasteiger partial charge < -0.3 is 15.1 Å². The Balaban J connectivity index is 1.39. The Morgan fingerprint density at radius 2 is 2.11 bits per heavy atom. The van der Waals surface area contributed by atoms with E-state index in [1.807, 2.05) is 42.2 Å². The predicted octanol–water partition coefficient (Wildman–Crippen LogP) is 2.38. The van der Waals surface area contributed by atoms with E-state index in [1.54, 1.807) is 23.4 Å². The van der Waals surface area contributed by atoms with Gasteiger partial charge in [-0.05, 0) is 55.4 Å². The first kappa shape index (κ1) is 17.1. The Kier molecular flexibility index (Phi) is 3.83. The van der Waals surface area contributed by atoms with Gasteiger partial charge in [0.15, 0.2) is 5.11 Å². The maximum atomic E-state index is 13.2. The number of hydrogen-bond donors (Lipinski definition) is 1. The van der Waals surface area contributed by atoms with Crippen LogP contribution in [0.15, 0.2) is 48.8 Å². The van der Waals surface area contributed by atoms with Crippen molar-refractivity contribution in [3.05, 3.63) is 54.4 Å². The van der Waals surface area contributed by atoms with Crippen molar-refractivity contribution in [2.45, 2.75) is 31.5 Å². The van der Waals surface area contributed by atoms with Gasteiger partial charge in [-0.1, -0.05) is 12.1 Å². The van der Waals surface area contributed by atoms with Gasteiger partial charge in [-0.15, -0.1) is 0 Å². The molecule has 0 spiro atoms. The zero-order valence-electron chi connectivity index (χ0n) is 15.3. The summed E-state index contributed by atoms with van der Waals surface area (Å²) in [4.78, 5) is 35.4. The smallest absolute Gasteiger partial charge is 0.332 e. The fourth-order valence-electron chi connectivity index (χ4n) is 4.53. The maximum Gasteiger partial charge on any atom is 0.332 e. The lowest BCUT2D eigenvalue weighted by Crippen LogP contribution is -2.55. The summed E-state index contributed by atoms with van der Waals surface area (Å²) in [5, 5.41) is 3.76. The molecule has 1 aromatic heterocycles. The van der Waals surface area contributed by atoms with Gasteiger partial charge in [-0.2, -0.15) is 0 Å². The second kappa shape index (κ2) is 6.27. The highest BCUT2D eigenvalue weighted by Gasteiger charge is 2.62. The van der Waals surface area contributed by atoms with Crippen LogP contribution in [-0.4, -0.2) is 56.5 Å². The molecule has 0 aliphatic carbocycles. The molecule has 3 saturated heterocycles. The van der Waals surface area contributed by atoms with Crippen LogP contribution >= 0.6 is 12.2 Å². The summed E-state index contributed by atoms with van der Waals surface area (Å²) in [7, 11) is 0. The molecule has 142 valence electrons.